The molecule has 0 aliphatic heterocycles. The summed E-state index contributed by atoms with van der Waals surface area (Å²) in [5.74, 6) is 1.00. The first-order valence-electron chi connectivity index (χ1n) is 8.16. The predicted molar refractivity (Wildman–Crippen MR) is 82.6 cm³/mol. The molecule has 2 nitrogen and oxygen atoms in total. The summed E-state index contributed by atoms with van der Waals surface area (Å²) >= 11 is 0. The van der Waals surface area contributed by atoms with Crippen molar-refractivity contribution in [2.45, 2.75) is 72.3 Å². The van der Waals surface area contributed by atoms with E-state index >= 15 is 0 Å². The molecule has 2 aliphatic carbocycles. The minimum absolute atomic E-state index is 0.306. The Kier molecular flexibility index (Phi) is 4.79. The molecule has 112 valence electrons. The minimum atomic E-state index is -1.59. The van der Waals surface area contributed by atoms with Gasteiger partial charge in [-0.2, -0.15) is 0 Å². The normalized spacial score (nSPS) is 32.2. The average Bonchev–Trinajstić information content (AvgIpc) is 2.88. The number of rotatable bonds is 6. The number of hydrogen-bond donors (Lipinski definition) is 0. The summed E-state index contributed by atoms with van der Waals surface area (Å²) in [6, 6.07) is 0. The quantitative estimate of drug-likeness (QED) is 0.678. The van der Waals surface area contributed by atoms with Crippen molar-refractivity contribution in [1.82, 2.24) is 0 Å². The minimum Gasteiger partial charge on any atom is -0.397 e. The van der Waals surface area contributed by atoms with Crippen LogP contribution >= 0.6 is 0 Å². The standard InChI is InChI=1S/C16H32O2Si/c1-6-17-19(18-7-2)14(15(3,4)5)16-10-8-13(12-16)9-11-16/h13-14,19H,6-12H2,1-5H3. The molecule has 0 amide bonds. The van der Waals surface area contributed by atoms with Crippen molar-refractivity contribution in [3.8, 4) is 0 Å². The fourth-order valence-electron chi connectivity index (χ4n) is 4.86. The Hall–Kier alpha value is 0.137. The average molecular weight is 285 g/mol. The first-order chi connectivity index (χ1) is 8.93. The molecule has 0 radical (unpaired) electrons. The smallest absolute Gasteiger partial charge is 0.325 e. The van der Waals surface area contributed by atoms with Crippen molar-refractivity contribution < 1.29 is 8.85 Å². The second kappa shape index (κ2) is 5.86. The zero-order valence-electron chi connectivity index (χ0n) is 13.5. The second-order valence-corrected chi connectivity index (χ2v) is 9.70. The van der Waals surface area contributed by atoms with Gasteiger partial charge >= 0.3 is 9.28 Å². The lowest BCUT2D eigenvalue weighted by Crippen LogP contribution is -2.45. The van der Waals surface area contributed by atoms with Crippen LogP contribution in [0.1, 0.15) is 66.7 Å². The summed E-state index contributed by atoms with van der Waals surface area (Å²) in [6.07, 6.45) is 7.18. The van der Waals surface area contributed by atoms with Crippen LogP contribution < -0.4 is 0 Å². The molecule has 19 heavy (non-hydrogen) atoms. The Bertz CT molecular complexity index is 284. The summed E-state index contributed by atoms with van der Waals surface area (Å²) in [5.41, 5.74) is 1.51. The van der Waals surface area contributed by atoms with Gasteiger partial charge < -0.3 is 8.85 Å². The van der Waals surface area contributed by atoms with Crippen LogP contribution in [-0.4, -0.2) is 22.5 Å². The molecule has 2 aliphatic rings. The first kappa shape index (κ1) is 15.5. The highest BCUT2D eigenvalue weighted by Crippen LogP contribution is 2.65. The van der Waals surface area contributed by atoms with E-state index in [2.05, 4.69) is 34.6 Å². The van der Waals surface area contributed by atoms with Crippen LogP contribution in [0.3, 0.4) is 0 Å². The molecule has 3 heteroatoms. The Morgan fingerprint density at radius 2 is 1.63 bits per heavy atom. The van der Waals surface area contributed by atoms with Gasteiger partial charge in [-0.15, -0.1) is 0 Å². The van der Waals surface area contributed by atoms with Crippen molar-refractivity contribution in [2.24, 2.45) is 16.7 Å². The molecule has 2 rings (SSSR count). The maximum Gasteiger partial charge on any atom is 0.325 e. The Morgan fingerprint density at radius 1 is 1.11 bits per heavy atom. The summed E-state index contributed by atoms with van der Waals surface area (Å²) in [6.45, 7) is 13.0. The van der Waals surface area contributed by atoms with E-state index in [1.807, 2.05) is 0 Å². The van der Waals surface area contributed by atoms with Crippen molar-refractivity contribution in [3.63, 3.8) is 0 Å². The van der Waals surface area contributed by atoms with Crippen LogP contribution in [0.15, 0.2) is 0 Å². The molecule has 2 fully saturated rings. The Balaban J connectivity index is 2.24. The third-order valence-electron chi connectivity index (χ3n) is 5.32. The molecule has 2 bridgehead atoms. The van der Waals surface area contributed by atoms with Gasteiger partial charge in [0.05, 0.1) is 0 Å². The second-order valence-electron chi connectivity index (χ2n) is 7.63. The Labute approximate surface area is 121 Å². The topological polar surface area (TPSA) is 18.5 Å². The third-order valence-corrected chi connectivity index (χ3v) is 8.90. The molecule has 2 saturated carbocycles. The number of fused-ring (bicyclic) bond motifs is 2. The van der Waals surface area contributed by atoms with E-state index < -0.39 is 9.28 Å². The van der Waals surface area contributed by atoms with Crippen LogP contribution in [-0.2, 0) is 8.85 Å². The van der Waals surface area contributed by atoms with Gasteiger partial charge in [-0.1, -0.05) is 20.8 Å². The van der Waals surface area contributed by atoms with Crippen LogP contribution in [0.4, 0.5) is 0 Å². The molecule has 1 atom stereocenters. The van der Waals surface area contributed by atoms with Crippen molar-refractivity contribution in [1.29, 1.82) is 0 Å². The van der Waals surface area contributed by atoms with Gasteiger partial charge in [0.1, 0.15) is 0 Å². The molecule has 0 heterocycles. The highest BCUT2D eigenvalue weighted by atomic mass is 28.3. The lowest BCUT2D eigenvalue weighted by atomic mass is 9.71. The number of hydrogen-bond acceptors (Lipinski definition) is 2. The highest BCUT2D eigenvalue weighted by molar-refractivity contribution is 6.47. The van der Waals surface area contributed by atoms with Crippen molar-refractivity contribution in [2.75, 3.05) is 13.2 Å². The molecule has 1 unspecified atom stereocenters. The zero-order chi connectivity index (χ0) is 14.1. The maximum absolute atomic E-state index is 6.15. The van der Waals surface area contributed by atoms with Crippen LogP contribution in [0, 0.1) is 16.7 Å². The fraction of sp³-hybridized carbons (Fsp3) is 1.00. The lowest BCUT2D eigenvalue weighted by molar-refractivity contribution is 0.110. The molecule has 0 aromatic rings. The van der Waals surface area contributed by atoms with Crippen molar-refractivity contribution in [3.05, 3.63) is 0 Å². The molecule has 0 N–H and O–H groups in total. The van der Waals surface area contributed by atoms with E-state index in [0.717, 1.165) is 19.1 Å². The van der Waals surface area contributed by atoms with Gasteiger partial charge in [-0.25, -0.2) is 0 Å². The molecule has 0 saturated heterocycles. The molecule has 0 spiro atoms. The molecule has 0 aromatic carbocycles. The van der Waals surface area contributed by atoms with Gasteiger partial charge in [0.25, 0.3) is 0 Å². The van der Waals surface area contributed by atoms with E-state index in [1.54, 1.807) is 0 Å². The summed E-state index contributed by atoms with van der Waals surface area (Å²) < 4.78 is 12.3. The van der Waals surface area contributed by atoms with E-state index in [-0.39, 0.29) is 0 Å². The van der Waals surface area contributed by atoms with E-state index in [1.165, 1.54) is 32.1 Å². The largest absolute Gasteiger partial charge is 0.397 e. The van der Waals surface area contributed by atoms with E-state index in [4.69, 9.17) is 8.85 Å². The van der Waals surface area contributed by atoms with Crippen molar-refractivity contribution >= 4 is 9.28 Å². The van der Waals surface area contributed by atoms with Crippen LogP contribution in [0.25, 0.3) is 0 Å². The predicted octanol–water partition coefficient (Wildman–Crippen LogP) is 4.28. The summed E-state index contributed by atoms with van der Waals surface area (Å²) in [7, 11) is -1.59. The maximum atomic E-state index is 6.15. The lowest BCUT2D eigenvalue weighted by Gasteiger charge is -2.46. The van der Waals surface area contributed by atoms with Gasteiger partial charge in [-0.05, 0) is 62.7 Å². The van der Waals surface area contributed by atoms with E-state index in [0.29, 0.717) is 16.4 Å². The summed E-state index contributed by atoms with van der Waals surface area (Å²) in [4.78, 5) is 0. The van der Waals surface area contributed by atoms with Gasteiger partial charge in [0, 0.05) is 18.8 Å². The van der Waals surface area contributed by atoms with Crippen LogP contribution in [0.2, 0.25) is 5.54 Å². The Morgan fingerprint density at radius 3 is 1.95 bits per heavy atom. The van der Waals surface area contributed by atoms with Gasteiger partial charge in [-0.3, -0.25) is 0 Å². The van der Waals surface area contributed by atoms with Gasteiger partial charge in [0.15, 0.2) is 0 Å². The van der Waals surface area contributed by atoms with Crippen LogP contribution in [0.5, 0.6) is 0 Å². The molecule has 0 aromatic heterocycles. The molecular formula is C16H32O2Si. The third kappa shape index (κ3) is 3.08. The monoisotopic (exact) mass is 284 g/mol. The SMILES string of the molecule is CCO[SiH](OCC)C(C(C)(C)C)C12CCC(CC1)C2. The summed E-state index contributed by atoms with van der Waals surface area (Å²) in [5, 5.41) is 0. The zero-order valence-corrected chi connectivity index (χ0v) is 14.7. The highest BCUT2D eigenvalue weighted by Gasteiger charge is 2.56. The fourth-order valence-corrected chi connectivity index (χ4v) is 7.86. The van der Waals surface area contributed by atoms with Gasteiger partial charge in [0.2, 0.25) is 0 Å². The molecular weight excluding hydrogens is 252 g/mol. The van der Waals surface area contributed by atoms with E-state index in [9.17, 15) is 0 Å². The first-order valence-corrected chi connectivity index (χ1v) is 9.77.